The Hall–Kier alpha value is -2.80. The maximum Gasteiger partial charge on any atom is 0.272 e. The zero-order valence-electron chi connectivity index (χ0n) is 14.2. The molecule has 2 aliphatic rings. The predicted octanol–water partition coefficient (Wildman–Crippen LogP) is 1.73. The molecule has 2 aliphatic heterocycles. The van der Waals surface area contributed by atoms with E-state index in [1.54, 1.807) is 53.8 Å². The first-order valence-corrected chi connectivity index (χ1v) is 8.77. The van der Waals surface area contributed by atoms with E-state index in [1.807, 2.05) is 0 Å². The van der Waals surface area contributed by atoms with Gasteiger partial charge in [0.1, 0.15) is 5.69 Å². The van der Waals surface area contributed by atoms with Gasteiger partial charge in [-0.15, -0.1) is 0 Å². The number of hydrogen-bond donors (Lipinski definition) is 1. The molecular weight excluding hydrogens is 332 g/mol. The van der Waals surface area contributed by atoms with Gasteiger partial charge in [0.15, 0.2) is 0 Å². The van der Waals surface area contributed by atoms with Crippen LogP contribution in [0.5, 0.6) is 0 Å². The van der Waals surface area contributed by atoms with E-state index in [9.17, 15) is 9.59 Å². The molecule has 0 aromatic carbocycles. The normalized spacial score (nSPS) is 24.8. The summed E-state index contributed by atoms with van der Waals surface area (Å²) in [5, 5.41) is 2.88. The van der Waals surface area contributed by atoms with Crippen molar-refractivity contribution in [3.8, 4) is 0 Å². The first kappa shape index (κ1) is 16.7. The average Bonchev–Trinajstić information content (AvgIpc) is 3.17. The summed E-state index contributed by atoms with van der Waals surface area (Å²) in [6.07, 6.45) is 6.16. The van der Waals surface area contributed by atoms with Crippen molar-refractivity contribution in [2.45, 2.75) is 25.0 Å². The molecule has 2 aromatic heterocycles. The second kappa shape index (κ2) is 7.21. The number of pyridine rings is 2. The summed E-state index contributed by atoms with van der Waals surface area (Å²) in [5.74, 6) is -0.599. The van der Waals surface area contributed by atoms with E-state index in [2.05, 4.69) is 15.3 Å². The summed E-state index contributed by atoms with van der Waals surface area (Å²) in [5.41, 5.74) is 1.04. The Morgan fingerprint density at radius 1 is 1.19 bits per heavy atom. The largest absolute Gasteiger partial charge is 0.376 e. The summed E-state index contributed by atoms with van der Waals surface area (Å²) in [6.45, 7) is 0.976. The third-order valence-electron chi connectivity index (χ3n) is 4.95. The number of piperidine rings is 1. The molecule has 2 saturated heterocycles. The number of nitrogens with one attached hydrogen (secondary N) is 1. The number of nitrogens with zero attached hydrogens (tertiary/aromatic N) is 3. The lowest BCUT2D eigenvalue weighted by Crippen LogP contribution is -2.54. The van der Waals surface area contributed by atoms with Crippen LogP contribution in [-0.4, -0.2) is 52.0 Å². The highest BCUT2D eigenvalue weighted by molar-refractivity contribution is 5.95. The number of carbonyl (C=O) groups excluding carboxylic acids is 2. The molecule has 3 atom stereocenters. The molecule has 2 amide bonds. The molecule has 0 unspecified atom stereocenters. The number of ether oxygens (including phenoxy) is 1. The van der Waals surface area contributed by atoms with Crippen molar-refractivity contribution in [3.05, 3.63) is 54.6 Å². The molecule has 0 spiro atoms. The van der Waals surface area contributed by atoms with Gasteiger partial charge in [0.25, 0.3) is 5.91 Å². The van der Waals surface area contributed by atoms with Gasteiger partial charge >= 0.3 is 0 Å². The molecule has 1 N–H and O–H groups in total. The Morgan fingerprint density at radius 3 is 2.88 bits per heavy atom. The topological polar surface area (TPSA) is 84.4 Å². The summed E-state index contributed by atoms with van der Waals surface area (Å²) in [7, 11) is 0. The van der Waals surface area contributed by atoms with Gasteiger partial charge in [-0.1, -0.05) is 6.07 Å². The molecule has 26 heavy (non-hydrogen) atoms. The minimum absolute atomic E-state index is 0.00643. The highest BCUT2D eigenvalue weighted by Gasteiger charge is 2.44. The monoisotopic (exact) mass is 352 g/mol. The zero-order chi connectivity index (χ0) is 17.9. The molecule has 0 saturated carbocycles. The minimum atomic E-state index is -0.331. The first-order valence-electron chi connectivity index (χ1n) is 8.77. The van der Waals surface area contributed by atoms with Gasteiger partial charge in [-0.2, -0.15) is 0 Å². The Morgan fingerprint density at radius 2 is 2.12 bits per heavy atom. The van der Waals surface area contributed by atoms with Crippen molar-refractivity contribution in [2.24, 2.45) is 5.92 Å². The fraction of sp³-hybridized carbons (Fsp3) is 0.368. The number of anilines is 1. The number of hydrogen-bond acceptors (Lipinski definition) is 5. The van der Waals surface area contributed by atoms with E-state index >= 15 is 0 Å². The number of rotatable bonds is 3. The second-order valence-corrected chi connectivity index (χ2v) is 6.60. The van der Waals surface area contributed by atoms with Gasteiger partial charge in [-0.3, -0.25) is 19.6 Å². The number of carbonyl (C=O) groups is 2. The number of likely N-dealkylation sites (tertiary alicyclic amines) is 1. The molecule has 0 aliphatic carbocycles. The lowest BCUT2D eigenvalue weighted by atomic mass is 9.89. The molecule has 2 fully saturated rings. The number of aromatic nitrogens is 2. The van der Waals surface area contributed by atoms with E-state index in [0.29, 0.717) is 31.0 Å². The maximum atomic E-state index is 12.9. The maximum absolute atomic E-state index is 12.9. The van der Waals surface area contributed by atoms with Crippen molar-refractivity contribution in [2.75, 3.05) is 18.5 Å². The van der Waals surface area contributed by atoms with Crippen LogP contribution in [0.2, 0.25) is 0 Å². The SMILES string of the molecule is O=C(Nc1cccnc1)[C@@H]1C[C@@H]2OCC[C@@H]2N(C(=O)c2ccccn2)C1. The van der Waals surface area contributed by atoms with E-state index in [1.165, 1.54) is 0 Å². The lowest BCUT2D eigenvalue weighted by Gasteiger charge is -2.40. The standard InChI is InChI=1S/C19H20N4O3/c24-18(22-14-4-3-7-20-11-14)13-10-17-16(6-9-26-17)23(12-13)19(25)15-5-1-2-8-21-15/h1-5,7-8,11,13,16-17H,6,9-10,12H2,(H,22,24)/t13-,16+,17+/m1/s1. The van der Waals surface area contributed by atoms with Gasteiger partial charge < -0.3 is 15.0 Å². The highest BCUT2D eigenvalue weighted by atomic mass is 16.5. The van der Waals surface area contributed by atoms with Crippen LogP contribution in [0.15, 0.2) is 48.9 Å². The molecule has 4 heterocycles. The predicted molar refractivity (Wildman–Crippen MR) is 94.4 cm³/mol. The van der Waals surface area contributed by atoms with Crippen LogP contribution >= 0.6 is 0 Å². The Kier molecular flexibility index (Phi) is 4.62. The summed E-state index contributed by atoms with van der Waals surface area (Å²) in [4.78, 5) is 35.6. The fourth-order valence-corrected chi connectivity index (χ4v) is 3.69. The van der Waals surface area contributed by atoms with Gasteiger partial charge in [-0.05, 0) is 37.1 Å². The van der Waals surface area contributed by atoms with E-state index in [4.69, 9.17) is 4.74 Å². The van der Waals surface area contributed by atoms with Crippen molar-refractivity contribution in [1.82, 2.24) is 14.9 Å². The van der Waals surface area contributed by atoms with Crippen molar-refractivity contribution < 1.29 is 14.3 Å². The third-order valence-corrected chi connectivity index (χ3v) is 4.95. The van der Waals surface area contributed by atoms with Crippen molar-refractivity contribution in [1.29, 1.82) is 0 Å². The molecular formula is C19H20N4O3. The third kappa shape index (κ3) is 3.30. The van der Waals surface area contributed by atoms with Crippen LogP contribution in [0.1, 0.15) is 23.3 Å². The Labute approximate surface area is 151 Å². The van der Waals surface area contributed by atoms with Crippen LogP contribution in [0.4, 0.5) is 5.69 Å². The highest BCUT2D eigenvalue weighted by Crippen LogP contribution is 2.32. The fourth-order valence-electron chi connectivity index (χ4n) is 3.69. The van der Waals surface area contributed by atoms with Crippen LogP contribution in [0, 0.1) is 5.92 Å². The molecule has 0 radical (unpaired) electrons. The summed E-state index contributed by atoms with van der Waals surface area (Å²) >= 11 is 0. The quantitative estimate of drug-likeness (QED) is 0.909. The van der Waals surface area contributed by atoms with E-state index in [0.717, 1.165) is 6.42 Å². The smallest absolute Gasteiger partial charge is 0.272 e. The molecule has 134 valence electrons. The number of amides is 2. The zero-order valence-corrected chi connectivity index (χ0v) is 14.2. The van der Waals surface area contributed by atoms with Gasteiger partial charge in [0.2, 0.25) is 5.91 Å². The Bertz CT molecular complexity index is 784. The second-order valence-electron chi connectivity index (χ2n) is 6.60. The van der Waals surface area contributed by atoms with Gasteiger partial charge in [0.05, 0.1) is 29.9 Å². The van der Waals surface area contributed by atoms with Gasteiger partial charge in [-0.25, -0.2) is 0 Å². The van der Waals surface area contributed by atoms with Crippen LogP contribution in [0.25, 0.3) is 0 Å². The number of fused-ring (bicyclic) bond motifs is 1. The first-order chi connectivity index (χ1) is 12.7. The molecule has 4 rings (SSSR count). The van der Waals surface area contributed by atoms with Gasteiger partial charge in [0, 0.05) is 25.5 Å². The molecule has 7 nitrogen and oxygen atoms in total. The molecule has 0 bridgehead atoms. The lowest BCUT2D eigenvalue weighted by molar-refractivity contribution is -0.123. The van der Waals surface area contributed by atoms with Crippen molar-refractivity contribution in [3.63, 3.8) is 0 Å². The van der Waals surface area contributed by atoms with Crippen LogP contribution < -0.4 is 5.32 Å². The summed E-state index contributed by atoms with van der Waals surface area (Å²) in [6, 6.07) is 8.83. The van der Waals surface area contributed by atoms with Crippen LogP contribution in [-0.2, 0) is 9.53 Å². The van der Waals surface area contributed by atoms with E-state index in [-0.39, 0.29) is 29.9 Å². The molecule has 7 heteroatoms. The summed E-state index contributed by atoms with van der Waals surface area (Å²) < 4.78 is 5.80. The minimum Gasteiger partial charge on any atom is -0.376 e. The average molecular weight is 352 g/mol. The van der Waals surface area contributed by atoms with E-state index < -0.39 is 0 Å². The Balaban J connectivity index is 1.53. The molecule has 2 aromatic rings. The van der Waals surface area contributed by atoms with Crippen molar-refractivity contribution >= 4 is 17.5 Å². The van der Waals surface area contributed by atoms with Crippen LogP contribution in [0.3, 0.4) is 0 Å².